The van der Waals surface area contributed by atoms with Crippen LogP contribution in [-0.4, -0.2) is 69.2 Å². The number of hydrogen-bond acceptors (Lipinski definition) is 8. The first kappa shape index (κ1) is 22.4. The molecule has 1 saturated heterocycles. The van der Waals surface area contributed by atoms with Crippen molar-refractivity contribution in [1.29, 1.82) is 0 Å². The average Bonchev–Trinajstić information content (AvgIpc) is 2.72. The van der Waals surface area contributed by atoms with Crippen molar-refractivity contribution in [1.82, 2.24) is 0 Å². The SMILES string of the molecule is CC1(C)C2=C(Cl)C(=O)C(Cl)=CC2=Nc2ccc(O[C@@H]3O[C@H](CO)[C@H](O)[C@H](O)[C@H]3O)cc21. The third-order valence-corrected chi connectivity index (χ3v) is 6.40. The molecule has 8 nitrogen and oxygen atoms in total. The molecule has 0 radical (unpaired) electrons. The summed E-state index contributed by atoms with van der Waals surface area (Å²) in [5.41, 5.74) is 1.67. The van der Waals surface area contributed by atoms with E-state index in [1.165, 1.54) is 6.08 Å². The molecule has 1 fully saturated rings. The monoisotopic (exact) mass is 469 g/mol. The van der Waals surface area contributed by atoms with Crippen LogP contribution in [0.15, 0.2) is 44.9 Å². The van der Waals surface area contributed by atoms with Crippen molar-refractivity contribution < 1.29 is 34.7 Å². The first-order valence-corrected chi connectivity index (χ1v) is 10.3. The van der Waals surface area contributed by atoms with Crippen LogP contribution in [0.3, 0.4) is 0 Å². The Morgan fingerprint density at radius 2 is 1.87 bits per heavy atom. The summed E-state index contributed by atoms with van der Waals surface area (Å²) in [4.78, 5) is 16.9. The lowest BCUT2D eigenvalue weighted by Gasteiger charge is -2.40. The number of nitrogens with zero attached hydrogens (tertiary/aromatic N) is 1. The van der Waals surface area contributed by atoms with E-state index in [1.807, 2.05) is 13.8 Å². The van der Waals surface area contributed by atoms with E-state index >= 15 is 0 Å². The Morgan fingerprint density at radius 1 is 1.16 bits per heavy atom. The van der Waals surface area contributed by atoms with Gasteiger partial charge in [0, 0.05) is 11.0 Å². The summed E-state index contributed by atoms with van der Waals surface area (Å²) >= 11 is 12.3. The molecule has 3 aliphatic rings. The van der Waals surface area contributed by atoms with Crippen molar-refractivity contribution in [2.75, 3.05) is 6.61 Å². The second-order valence-corrected chi connectivity index (χ2v) is 8.91. The number of allylic oxidation sites excluding steroid dienone is 4. The number of aliphatic hydroxyl groups is 4. The molecule has 166 valence electrons. The highest BCUT2D eigenvalue weighted by molar-refractivity contribution is 6.58. The van der Waals surface area contributed by atoms with E-state index in [2.05, 4.69) is 4.99 Å². The Hall–Kier alpha value is -1.78. The molecule has 10 heteroatoms. The number of ether oxygens (including phenoxy) is 2. The number of ketones is 1. The van der Waals surface area contributed by atoms with Crippen LogP contribution in [0.4, 0.5) is 5.69 Å². The summed E-state index contributed by atoms with van der Waals surface area (Å²) in [5.74, 6) is -0.176. The van der Waals surface area contributed by atoms with Crippen LogP contribution in [0.5, 0.6) is 5.75 Å². The van der Waals surface area contributed by atoms with Gasteiger partial charge in [-0.1, -0.05) is 37.0 Å². The van der Waals surface area contributed by atoms with Crippen LogP contribution in [0, 0.1) is 0 Å². The molecule has 0 spiro atoms. The predicted octanol–water partition coefficient (Wildman–Crippen LogP) is 1.43. The molecule has 1 aliphatic carbocycles. The molecule has 4 rings (SSSR count). The maximum atomic E-state index is 12.3. The first-order chi connectivity index (χ1) is 14.6. The molecule has 0 unspecified atom stereocenters. The number of hydrogen-bond donors (Lipinski definition) is 4. The van der Waals surface area contributed by atoms with Crippen molar-refractivity contribution in [3.05, 3.63) is 45.5 Å². The van der Waals surface area contributed by atoms with Crippen LogP contribution < -0.4 is 4.74 Å². The summed E-state index contributed by atoms with van der Waals surface area (Å²) in [7, 11) is 0. The van der Waals surface area contributed by atoms with Gasteiger partial charge in [-0.25, -0.2) is 4.99 Å². The number of fused-ring (bicyclic) bond motifs is 2. The molecule has 0 amide bonds. The largest absolute Gasteiger partial charge is 0.462 e. The van der Waals surface area contributed by atoms with Crippen LogP contribution in [0.1, 0.15) is 19.4 Å². The number of benzene rings is 1. The Labute approximate surface area is 188 Å². The third-order valence-electron chi connectivity index (χ3n) is 5.76. The van der Waals surface area contributed by atoms with Crippen molar-refractivity contribution in [2.24, 2.45) is 4.99 Å². The van der Waals surface area contributed by atoms with E-state index in [1.54, 1.807) is 18.2 Å². The minimum absolute atomic E-state index is 0.00200. The highest BCUT2D eigenvalue weighted by Gasteiger charge is 2.45. The lowest BCUT2D eigenvalue weighted by Crippen LogP contribution is -2.60. The first-order valence-electron chi connectivity index (χ1n) is 9.59. The quantitative estimate of drug-likeness (QED) is 0.492. The zero-order valence-corrected chi connectivity index (χ0v) is 18.1. The van der Waals surface area contributed by atoms with Crippen molar-refractivity contribution in [3.8, 4) is 5.75 Å². The van der Waals surface area contributed by atoms with Gasteiger partial charge in [-0.15, -0.1) is 0 Å². The molecule has 1 aromatic carbocycles. The number of aliphatic hydroxyl groups excluding tert-OH is 4. The molecule has 0 aromatic heterocycles. The molecule has 5 atom stereocenters. The van der Waals surface area contributed by atoms with Gasteiger partial charge in [0.05, 0.1) is 28.1 Å². The maximum absolute atomic E-state index is 12.3. The molecular formula is C21H21Cl2NO7. The zero-order chi connectivity index (χ0) is 22.7. The van der Waals surface area contributed by atoms with Crippen LogP contribution in [-0.2, 0) is 14.9 Å². The molecule has 2 aliphatic heterocycles. The summed E-state index contributed by atoms with van der Waals surface area (Å²) < 4.78 is 11.1. The third kappa shape index (κ3) is 3.62. The van der Waals surface area contributed by atoms with E-state index in [0.717, 1.165) is 0 Å². The van der Waals surface area contributed by atoms with Crippen molar-refractivity contribution >= 4 is 40.4 Å². The van der Waals surface area contributed by atoms with Gasteiger partial charge in [0.15, 0.2) is 0 Å². The summed E-state index contributed by atoms with van der Waals surface area (Å²) in [6.07, 6.45) is -5.47. The fraction of sp³-hybridized carbons (Fsp3) is 0.429. The van der Waals surface area contributed by atoms with Crippen molar-refractivity contribution in [3.63, 3.8) is 0 Å². The number of halogens is 2. The van der Waals surface area contributed by atoms with Gasteiger partial charge < -0.3 is 29.9 Å². The van der Waals surface area contributed by atoms with Crippen LogP contribution in [0.2, 0.25) is 0 Å². The zero-order valence-electron chi connectivity index (χ0n) is 16.6. The van der Waals surface area contributed by atoms with E-state index in [4.69, 9.17) is 32.7 Å². The molecule has 1 aromatic rings. The van der Waals surface area contributed by atoms with E-state index in [9.17, 15) is 25.2 Å². The Morgan fingerprint density at radius 3 is 2.55 bits per heavy atom. The smallest absolute Gasteiger partial charge is 0.229 e. The lowest BCUT2D eigenvalue weighted by atomic mass is 9.71. The van der Waals surface area contributed by atoms with Gasteiger partial charge in [-0.3, -0.25) is 4.79 Å². The van der Waals surface area contributed by atoms with Crippen LogP contribution in [0.25, 0.3) is 0 Å². The molecule has 0 saturated carbocycles. The average molecular weight is 470 g/mol. The second kappa shape index (κ2) is 7.97. The van der Waals surface area contributed by atoms with Gasteiger partial charge in [0.2, 0.25) is 12.1 Å². The summed E-state index contributed by atoms with van der Waals surface area (Å²) in [6.45, 7) is 3.21. The topological polar surface area (TPSA) is 129 Å². The highest BCUT2D eigenvalue weighted by atomic mass is 35.5. The normalized spacial score (nSPS) is 32.1. The minimum Gasteiger partial charge on any atom is -0.462 e. The molecule has 2 heterocycles. The van der Waals surface area contributed by atoms with Gasteiger partial charge in [0.25, 0.3) is 0 Å². The molecule has 31 heavy (non-hydrogen) atoms. The number of aliphatic imine (C=N–C) groups is 1. The fourth-order valence-electron chi connectivity index (χ4n) is 4.02. The standard InChI is InChI=1S/C21H21Cl2NO7/c1-21(2)9-5-8(30-20-19(29)18(28)17(27)13(7-25)31-20)3-4-11(9)24-12-6-10(22)16(26)15(23)14(12)21/h3-6,13,17-20,25,27-29H,7H2,1-2H3/t13-,17+,18+,19-,20-/m1/s1. The van der Waals surface area contributed by atoms with E-state index in [-0.39, 0.29) is 10.1 Å². The van der Waals surface area contributed by atoms with Gasteiger partial charge >= 0.3 is 0 Å². The highest BCUT2D eigenvalue weighted by Crippen LogP contribution is 2.47. The number of carbonyl (C=O) groups excluding carboxylic acids is 1. The van der Waals surface area contributed by atoms with Crippen LogP contribution >= 0.6 is 23.2 Å². The number of Topliss-reactive ketones (excluding diaryl/α,β-unsaturated/α-hetero) is 1. The molecular weight excluding hydrogens is 449 g/mol. The summed E-state index contributed by atoms with van der Waals surface area (Å²) in [6, 6.07) is 4.99. The van der Waals surface area contributed by atoms with Gasteiger partial charge in [0.1, 0.15) is 30.2 Å². The molecule has 0 bridgehead atoms. The lowest BCUT2D eigenvalue weighted by molar-refractivity contribution is -0.277. The van der Waals surface area contributed by atoms with Crippen molar-refractivity contribution in [2.45, 2.75) is 50.0 Å². The Bertz CT molecular complexity index is 1030. The van der Waals surface area contributed by atoms with Gasteiger partial charge in [-0.05, 0) is 29.8 Å². The van der Waals surface area contributed by atoms with Gasteiger partial charge in [-0.2, -0.15) is 0 Å². The minimum atomic E-state index is -1.55. The number of carbonyl (C=O) groups is 1. The molecule has 4 N–H and O–H groups in total. The van der Waals surface area contributed by atoms with E-state index in [0.29, 0.717) is 28.3 Å². The predicted molar refractivity (Wildman–Crippen MR) is 113 cm³/mol. The summed E-state index contributed by atoms with van der Waals surface area (Å²) in [5, 5.41) is 39.4. The second-order valence-electron chi connectivity index (χ2n) is 8.13. The van der Waals surface area contributed by atoms with E-state index < -0.39 is 48.5 Å². The Kier molecular flexibility index (Phi) is 5.76. The Balaban J connectivity index is 1.70. The number of rotatable bonds is 3. The maximum Gasteiger partial charge on any atom is 0.229 e. The fourth-order valence-corrected chi connectivity index (χ4v) is 4.70.